The van der Waals surface area contributed by atoms with Gasteiger partial charge < -0.3 is 29.2 Å². The van der Waals surface area contributed by atoms with Crippen LogP contribution in [0.15, 0.2) is 42.5 Å². The molecule has 0 bridgehead atoms. The Balaban J connectivity index is 1.71. The third-order valence-corrected chi connectivity index (χ3v) is 5.30. The van der Waals surface area contributed by atoms with Crippen molar-refractivity contribution < 1.29 is 28.5 Å². The summed E-state index contributed by atoms with van der Waals surface area (Å²) in [7, 11) is 6.18. The molecule has 0 saturated carbocycles. The van der Waals surface area contributed by atoms with E-state index in [2.05, 4.69) is 5.32 Å². The molecule has 1 N–H and O–H groups in total. The summed E-state index contributed by atoms with van der Waals surface area (Å²) >= 11 is 0. The lowest BCUT2D eigenvalue weighted by Gasteiger charge is -2.22. The number of benzene rings is 2. The monoisotopic (exact) mass is 440 g/mol. The van der Waals surface area contributed by atoms with Crippen LogP contribution in [-0.2, 0) is 9.59 Å². The van der Waals surface area contributed by atoms with Crippen molar-refractivity contribution in [2.24, 2.45) is 0 Å². The molecule has 1 saturated heterocycles. The molecule has 2 aromatic rings. The van der Waals surface area contributed by atoms with Crippen molar-refractivity contribution in [1.82, 2.24) is 4.90 Å². The van der Waals surface area contributed by atoms with Gasteiger partial charge in [-0.3, -0.25) is 9.59 Å². The lowest BCUT2D eigenvalue weighted by Crippen LogP contribution is -2.42. The summed E-state index contributed by atoms with van der Waals surface area (Å²) in [5, 5.41) is 2.88. The number of hydrogen-bond donors (Lipinski definition) is 1. The molecule has 2 amide bonds. The Morgan fingerprint density at radius 1 is 0.969 bits per heavy atom. The minimum Gasteiger partial charge on any atom is -0.497 e. The number of likely N-dealkylation sites (tertiary alicyclic amines) is 1. The van der Waals surface area contributed by atoms with E-state index < -0.39 is 6.04 Å². The standard InChI is InChI=1S/C24H28N2O6/c1-29-18-10-8-17(9-11-18)25-24(28)19-6-5-13-26(19)22(27)12-7-16-14-20(30-2)23(32-4)21(15-16)31-3/h7-12,14-15,19H,5-6,13H2,1-4H3,(H,25,28). The molecule has 0 radical (unpaired) electrons. The molecule has 1 heterocycles. The van der Waals surface area contributed by atoms with E-state index in [4.69, 9.17) is 18.9 Å². The summed E-state index contributed by atoms with van der Waals surface area (Å²) in [6.45, 7) is 0.527. The van der Waals surface area contributed by atoms with Gasteiger partial charge in [-0.25, -0.2) is 0 Å². The van der Waals surface area contributed by atoms with Gasteiger partial charge in [-0.1, -0.05) is 0 Å². The maximum Gasteiger partial charge on any atom is 0.247 e. The molecule has 2 aromatic carbocycles. The highest BCUT2D eigenvalue weighted by atomic mass is 16.5. The fourth-order valence-electron chi connectivity index (χ4n) is 3.66. The smallest absolute Gasteiger partial charge is 0.247 e. The topological polar surface area (TPSA) is 86.3 Å². The summed E-state index contributed by atoms with van der Waals surface area (Å²) in [4.78, 5) is 27.2. The first-order chi connectivity index (χ1) is 15.5. The molecule has 0 aromatic heterocycles. The minimum absolute atomic E-state index is 0.206. The molecule has 8 nitrogen and oxygen atoms in total. The molecule has 1 aliphatic rings. The Hall–Kier alpha value is -3.68. The van der Waals surface area contributed by atoms with Gasteiger partial charge in [0, 0.05) is 18.3 Å². The molecule has 0 aliphatic carbocycles. The van der Waals surface area contributed by atoms with E-state index >= 15 is 0 Å². The molecule has 8 heteroatoms. The lowest BCUT2D eigenvalue weighted by atomic mass is 10.1. The fraction of sp³-hybridized carbons (Fsp3) is 0.333. The second-order valence-electron chi connectivity index (χ2n) is 7.20. The molecular weight excluding hydrogens is 412 g/mol. The van der Waals surface area contributed by atoms with Gasteiger partial charge in [0.25, 0.3) is 0 Å². The summed E-state index contributed by atoms with van der Waals surface area (Å²) < 4.78 is 21.2. The van der Waals surface area contributed by atoms with Crippen molar-refractivity contribution >= 4 is 23.6 Å². The largest absolute Gasteiger partial charge is 0.497 e. The van der Waals surface area contributed by atoms with Gasteiger partial charge in [0.2, 0.25) is 17.6 Å². The van der Waals surface area contributed by atoms with Crippen molar-refractivity contribution in [1.29, 1.82) is 0 Å². The van der Waals surface area contributed by atoms with Crippen LogP contribution < -0.4 is 24.3 Å². The lowest BCUT2D eigenvalue weighted by molar-refractivity contribution is -0.132. The van der Waals surface area contributed by atoms with Gasteiger partial charge in [0.15, 0.2) is 11.5 Å². The number of carbonyl (C=O) groups excluding carboxylic acids is 2. The van der Waals surface area contributed by atoms with Crippen LogP contribution in [0.4, 0.5) is 5.69 Å². The fourth-order valence-corrected chi connectivity index (χ4v) is 3.66. The van der Waals surface area contributed by atoms with Crippen molar-refractivity contribution in [2.45, 2.75) is 18.9 Å². The van der Waals surface area contributed by atoms with Gasteiger partial charge >= 0.3 is 0 Å². The van der Waals surface area contributed by atoms with Crippen molar-refractivity contribution in [3.8, 4) is 23.0 Å². The second-order valence-corrected chi connectivity index (χ2v) is 7.20. The Morgan fingerprint density at radius 2 is 1.62 bits per heavy atom. The highest BCUT2D eigenvalue weighted by Gasteiger charge is 2.33. The molecule has 170 valence electrons. The SMILES string of the molecule is COc1ccc(NC(=O)C2CCCN2C(=O)C=Cc2cc(OC)c(OC)c(OC)c2)cc1. The summed E-state index contributed by atoms with van der Waals surface area (Å²) in [6, 6.07) is 10.1. The minimum atomic E-state index is -0.519. The van der Waals surface area contributed by atoms with Crippen LogP contribution in [0.2, 0.25) is 0 Å². The maximum absolute atomic E-state index is 12.9. The Kier molecular flexibility index (Phi) is 7.59. The van der Waals surface area contributed by atoms with E-state index in [1.54, 1.807) is 54.5 Å². The molecule has 1 unspecified atom stereocenters. The van der Waals surface area contributed by atoms with E-state index in [9.17, 15) is 9.59 Å². The number of amides is 2. The van der Waals surface area contributed by atoms with Gasteiger partial charge in [0.05, 0.1) is 28.4 Å². The number of nitrogens with zero attached hydrogens (tertiary/aromatic N) is 1. The van der Waals surface area contributed by atoms with E-state index in [-0.39, 0.29) is 11.8 Å². The molecule has 1 atom stereocenters. The molecule has 1 aliphatic heterocycles. The quantitative estimate of drug-likeness (QED) is 0.634. The maximum atomic E-state index is 12.9. The van der Waals surface area contributed by atoms with Gasteiger partial charge in [-0.2, -0.15) is 0 Å². The third kappa shape index (κ3) is 5.14. The van der Waals surface area contributed by atoms with Crippen LogP contribution in [-0.4, -0.2) is 57.7 Å². The first kappa shape index (κ1) is 23.0. The molecule has 0 spiro atoms. The zero-order chi connectivity index (χ0) is 23.1. The van der Waals surface area contributed by atoms with Crippen molar-refractivity contribution in [2.75, 3.05) is 40.3 Å². The molecule has 1 fully saturated rings. The Morgan fingerprint density at radius 3 is 2.19 bits per heavy atom. The van der Waals surface area contributed by atoms with Gasteiger partial charge in [-0.15, -0.1) is 0 Å². The van der Waals surface area contributed by atoms with E-state index in [0.29, 0.717) is 47.2 Å². The number of carbonyl (C=O) groups is 2. The highest BCUT2D eigenvalue weighted by molar-refractivity contribution is 6.00. The Bertz CT molecular complexity index is 961. The summed E-state index contributed by atoms with van der Waals surface area (Å²) in [6.07, 6.45) is 4.51. The van der Waals surface area contributed by atoms with Crippen LogP contribution in [0.3, 0.4) is 0 Å². The predicted molar refractivity (Wildman–Crippen MR) is 121 cm³/mol. The van der Waals surface area contributed by atoms with Crippen molar-refractivity contribution in [3.05, 3.63) is 48.0 Å². The number of nitrogens with one attached hydrogen (secondary N) is 1. The first-order valence-corrected chi connectivity index (χ1v) is 10.2. The zero-order valence-electron chi connectivity index (χ0n) is 18.7. The summed E-state index contributed by atoms with van der Waals surface area (Å²) in [5.74, 6) is 1.74. The average molecular weight is 440 g/mol. The van der Waals surface area contributed by atoms with Crippen LogP contribution in [0, 0.1) is 0 Å². The number of hydrogen-bond acceptors (Lipinski definition) is 6. The van der Waals surface area contributed by atoms with Crippen LogP contribution in [0.5, 0.6) is 23.0 Å². The van der Waals surface area contributed by atoms with E-state index in [0.717, 1.165) is 6.42 Å². The Labute approximate surface area is 187 Å². The number of rotatable bonds is 8. The summed E-state index contributed by atoms with van der Waals surface area (Å²) in [5.41, 5.74) is 1.37. The predicted octanol–water partition coefficient (Wildman–Crippen LogP) is 3.36. The van der Waals surface area contributed by atoms with Gasteiger partial charge in [0.1, 0.15) is 11.8 Å². The molecule has 32 heavy (non-hydrogen) atoms. The number of ether oxygens (including phenoxy) is 4. The van der Waals surface area contributed by atoms with E-state index in [1.165, 1.54) is 27.4 Å². The zero-order valence-corrected chi connectivity index (χ0v) is 18.7. The number of methoxy groups -OCH3 is 4. The second kappa shape index (κ2) is 10.6. The average Bonchev–Trinajstić information content (AvgIpc) is 3.32. The highest BCUT2D eigenvalue weighted by Crippen LogP contribution is 2.38. The molecular formula is C24H28N2O6. The van der Waals surface area contributed by atoms with Crippen LogP contribution in [0.1, 0.15) is 18.4 Å². The van der Waals surface area contributed by atoms with Crippen molar-refractivity contribution in [3.63, 3.8) is 0 Å². The van der Waals surface area contributed by atoms with Gasteiger partial charge in [-0.05, 0) is 60.9 Å². The van der Waals surface area contributed by atoms with E-state index in [1.807, 2.05) is 0 Å². The third-order valence-electron chi connectivity index (χ3n) is 5.30. The normalized spacial score (nSPS) is 15.5. The number of anilines is 1. The van der Waals surface area contributed by atoms with Crippen LogP contribution in [0.25, 0.3) is 6.08 Å². The molecule has 3 rings (SSSR count). The first-order valence-electron chi connectivity index (χ1n) is 10.2. The van der Waals surface area contributed by atoms with Crippen LogP contribution >= 0.6 is 0 Å².